The SMILES string of the molecule is O=C(O)N1CCC2(CC1)O[C@@H]1CC=CN1C2=O. The van der Waals surface area contributed by atoms with Crippen molar-refractivity contribution < 1.29 is 19.4 Å². The van der Waals surface area contributed by atoms with E-state index in [1.54, 1.807) is 11.1 Å². The molecule has 0 saturated carbocycles. The topological polar surface area (TPSA) is 70.1 Å². The summed E-state index contributed by atoms with van der Waals surface area (Å²) in [6.45, 7) is 0.733. The van der Waals surface area contributed by atoms with Gasteiger partial charge in [-0.2, -0.15) is 0 Å². The van der Waals surface area contributed by atoms with Gasteiger partial charge < -0.3 is 14.7 Å². The van der Waals surface area contributed by atoms with Crippen LogP contribution in [0.25, 0.3) is 0 Å². The summed E-state index contributed by atoms with van der Waals surface area (Å²) >= 11 is 0. The second-order valence-electron chi connectivity index (χ2n) is 4.67. The van der Waals surface area contributed by atoms with E-state index in [1.165, 1.54) is 4.90 Å². The lowest BCUT2D eigenvalue weighted by Gasteiger charge is -2.35. The number of carbonyl (C=O) groups is 2. The first-order valence-corrected chi connectivity index (χ1v) is 5.77. The summed E-state index contributed by atoms with van der Waals surface area (Å²) in [5, 5.41) is 8.88. The van der Waals surface area contributed by atoms with Crippen LogP contribution in [0.1, 0.15) is 19.3 Å². The molecule has 0 bridgehead atoms. The van der Waals surface area contributed by atoms with E-state index in [0.29, 0.717) is 25.9 Å². The molecule has 0 aromatic heterocycles. The molecule has 2 saturated heterocycles. The maximum Gasteiger partial charge on any atom is 0.407 e. The Morgan fingerprint density at radius 3 is 2.76 bits per heavy atom. The van der Waals surface area contributed by atoms with Crippen LogP contribution in [-0.4, -0.2) is 51.8 Å². The number of nitrogens with zero attached hydrogens (tertiary/aromatic N) is 2. The summed E-state index contributed by atoms with van der Waals surface area (Å²) in [5.74, 6) is -0.0127. The summed E-state index contributed by atoms with van der Waals surface area (Å²) in [6, 6.07) is 0. The van der Waals surface area contributed by atoms with Crippen molar-refractivity contribution in [3.05, 3.63) is 12.3 Å². The number of hydrogen-bond acceptors (Lipinski definition) is 3. The molecule has 3 rings (SSSR count). The van der Waals surface area contributed by atoms with Crippen molar-refractivity contribution in [2.75, 3.05) is 13.1 Å². The number of likely N-dealkylation sites (tertiary alicyclic amines) is 1. The smallest absolute Gasteiger partial charge is 0.407 e. The van der Waals surface area contributed by atoms with Gasteiger partial charge in [0.05, 0.1) is 0 Å². The van der Waals surface area contributed by atoms with Gasteiger partial charge in [0.2, 0.25) is 0 Å². The fourth-order valence-electron chi connectivity index (χ4n) is 2.74. The van der Waals surface area contributed by atoms with E-state index >= 15 is 0 Å². The zero-order chi connectivity index (χ0) is 12.0. The van der Waals surface area contributed by atoms with Crippen LogP contribution in [0.4, 0.5) is 4.79 Å². The largest absolute Gasteiger partial charge is 0.465 e. The second-order valence-corrected chi connectivity index (χ2v) is 4.67. The molecule has 1 spiro atoms. The van der Waals surface area contributed by atoms with E-state index < -0.39 is 11.7 Å². The van der Waals surface area contributed by atoms with Crippen LogP contribution in [0.3, 0.4) is 0 Å². The zero-order valence-electron chi connectivity index (χ0n) is 9.33. The van der Waals surface area contributed by atoms with Crippen molar-refractivity contribution in [3.8, 4) is 0 Å². The van der Waals surface area contributed by atoms with Gasteiger partial charge in [0.15, 0.2) is 5.60 Å². The summed E-state index contributed by atoms with van der Waals surface area (Å²) in [6.07, 6.45) is 4.24. The normalized spacial score (nSPS) is 30.1. The van der Waals surface area contributed by atoms with Crippen LogP contribution in [0, 0.1) is 0 Å². The molecule has 3 aliphatic heterocycles. The van der Waals surface area contributed by atoms with Crippen LogP contribution < -0.4 is 0 Å². The Hall–Kier alpha value is -1.56. The van der Waals surface area contributed by atoms with Gasteiger partial charge in [0.1, 0.15) is 6.23 Å². The average Bonchev–Trinajstić information content (AvgIpc) is 2.84. The Morgan fingerprint density at radius 2 is 2.18 bits per heavy atom. The number of rotatable bonds is 0. The highest BCUT2D eigenvalue weighted by atomic mass is 16.6. The fourth-order valence-corrected chi connectivity index (χ4v) is 2.74. The van der Waals surface area contributed by atoms with Crippen LogP contribution >= 0.6 is 0 Å². The number of fused-ring (bicyclic) bond motifs is 1. The van der Waals surface area contributed by atoms with Crippen LogP contribution in [-0.2, 0) is 9.53 Å². The summed E-state index contributed by atoms with van der Waals surface area (Å²) < 4.78 is 5.85. The Kier molecular flexibility index (Phi) is 2.16. The van der Waals surface area contributed by atoms with Gasteiger partial charge in [-0.1, -0.05) is 6.08 Å². The summed E-state index contributed by atoms with van der Waals surface area (Å²) in [4.78, 5) is 26.0. The van der Waals surface area contributed by atoms with E-state index in [4.69, 9.17) is 9.84 Å². The number of carboxylic acid groups (broad SMARTS) is 1. The lowest BCUT2D eigenvalue weighted by molar-refractivity contribution is -0.140. The second kappa shape index (κ2) is 3.46. The van der Waals surface area contributed by atoms with E-state index in [1.807, 2.05) is 6.08 Å². The van der Waals surface area contributed by atoms with E-state index in [9.17, 15) is 9.59 Å². The van der Waals surface area contributed by atoms with Gasteiger partial charge in [-0.3, -0.25) is 9.69 Å². The van der Waals surface area contributed by atoms with Crippen molar-refractivity contribution in [2.24, 2.45) is 0 Å². The number of ether oxygens (including phenoxy) is 1. The minimum Gasteiger partial charge on any atom is -0.465 e. The molecular formula is C11H14N2O4. The standard InChI is InChI=1S/C11H14N2O4/c14-9-11(17-8-2-1-5-13(8)9)3-6-12(7-4-11)10(15)16/h1,5,8H,2-4,6-7H2,(H,15,16)/t8-/m1/s1. The Bertz CT molecular complexity index is 398. The molecule has 0 aromatic carbocycles. The maximum atomic E-state index is 12.2. The third-order valence-electron chi connectivity index (χ3n) is 3.74. The Balaban J connectivity index is 1.75. The highest BCUT2D eigenvalue weighted by molar-refractivity contribution is 5.88. The molecule has 92 valence electrons. The fraction of sp³-hybridized carbons (Fsp3) is 0.636. The number of amides is 2. The summed E-state index contributed by atoms with van der Waals surface area (Å²) in [5.41, 5.74) is -0.776. The molecule has 3 aliphatic rings. The predicted molar refractivity (Wildman–Crippen MR) is 57.0 cm³/mol. The molecule has 0 aliphatic carbocycles. The Labute approximate surface area is 98.4 Å². The molecule has 1 N–H and O–H groups in total. The van der Waals surface area contributed by atoms with Crippen molar-refractivity contribution in [1.82, 2.24) is 9.80 Å². The molecule has 0 unspecified atom stereocenters. The zero-order valence-corrected chi connectivity index (χ0v) is 9.33. The molecule has 6 heteroatoms. The number of carbonyl (C=O) groups excluding carboxylic acids is 1. The third kappa shape index (κ3) is 1.44. The highest BCUT2D eigenvalue weighted by Gasteiger charge is 2.54. The molecule has 3 heterocycles. The highest BCUT2D eigenvalue weighted by Crippen LogP contribution is 2.39. The first kappa shape index (κ1) is 10.6. The molecule has 0 aromatic rings. The van der Waals surface area contributed by atoms with E-state index in [0.717, 1.165) is 6.42 Å². The quantitative estimate of drug-likeness (QED) is 0.671. The van der Waals surface area contributed by atoms with Gasteiger partial charge in [-0.05, 0) is 0 Å². The lowest BCUT2D eigenvalue weighted by atomic mass is 9.90. The van der Waals surface area contributed by atoms with Crippen molar-refractivity contribution in [2.45, 2.75) is 31.1 Å². The molecule has 2 fully saturated rings. The molecule has 1 atom stereocenters. The van der Waals surface area contributed by atoms with Crippen LogP contribution in [0.5, 0.6) is 0 Å². The van der Waals surface area contributed by atoms with Gasteiger partial charge in [0, 0.05) is 38.6 Å². The lowest BCUT2D eigenvalue weighted by Crippen LogP contribution is -2.50. The minimum absolute atomic E-state index is 0.0127. The molecule has 0 radical (unpaired) electrons. The van der Waals surface area contributed by atoms with Gasteiger partial charge in [0.25, 0.3) is 5.91 Å². The van der Waals surface area contributed by atoms with E-state index in [2.05, 4.69) is 0 Å². The minimum atomic E-state index is -0.925. The molecule has 6 nitrogen and oxygen atoms in total. The van der Waals surface area contributed by atoms with Gasteiger partial charge in [-0.25, -0.2) is 4.79 Å². The first-order valence-electron chi connectivity index (χ1n) is 5.77. The first-order chi connectivity index (χ1) is 8.12. The van der Waals surface area contributed by atoms with Crippen molar-refractivity contribution >= 4 is 12.0 Å². The number of hydrogen-bond donors (Lipinski definition) is 1. The number of piperidine rings is 1. The summed E-state index contributed by atoms with van der Waals surface area (Å²) in [7, 11) is 0. The van der Waals surface area contributed by atoms with Crippen molar-refractivity contribution in [1.29, 1.82) is 0 Å². The third-order valence-corrected chi connectivity index (χ3v) is 3.74. The maximum absolute atomic E-state index is 12.2. The van der Waals surface area contributed by atoms with Crippen molar-refractivity contribution in [3.63, 3.8) is 0 Å². The molecule has 2 amide bonds. The Morgan fingerprint density at radius 1 is 1.47 bits per heavy atom. The van der Waals surface area contributed by atoms with Crippen LogP contribution in [0.15, 0.2) is 12.3 Å². The van der Waals surface area contributed by atoms with Crippen LogP contribution in [0.2, 0.25) is 0 Å². The van der Waals surface area contributed by atoms with Gasteiger partial charge in [-0.15, -0.1) is 0 Å². The monoisotopic (exact) mass is 238 g/mol. The average molecular weight is 238 g/mol. The molecule has 17 heavy (non-hydrogen) atoms. The predicted octanol–water partition coefficient (Wildman–Crippen LogP) is 0.601. The van der Waals surface area contributed by atoms with Gasteiger partial charge >= 0.3 is 6.09 Å². The molecular weight excluding hydrogens is 224 g/mol. The van der Waals surface area contributed by atoms with E-state index in [-0.39, 0.29) is 12.1 Å².